The van der Waals surface area contributed by atoms with Crippen LogP contribution in [-0.4, -0.2) is 37.8 Å². The number of thioether (sulfide) groups is 1. The molecule has 1 unspecified atom stereocenters. The average molecular weight is 557 g/mol. The van der Waals surface area contributed by atoms with E-state index in [0.29, 0.717) is 27.5 Å². The van der Waals surface area contributed by atoms with Crippen molar-refractivity contribution in [2.24, 2.45) is 4.99 Å². The normalized spacial score (nSPS) is 14.7. The van der Waals surface area contributed by atoms with E-state index in [0.717, 1.165) is 11.8 Å². The van der Waals surface area contributed by atoms with Crippen LogP contribution in [-0.2, 0) is 9.59 Å². The van der Waals surface area contributed by atoms with E-state index >= 15 is 0 Å². The Morgan fingerprint density at radius 2 is 1.68 bits per heavy atom. The van der Waals surface area contributed by atoms with E-state index in [-0.39, 0.29) is 21.7 Å². The van der Waals surface area contributed by atoms with Gasteiger partial charge in [-0.15, -0.1) is 0 Å². The highest BCUT2D eigenvalue weighted by Crippen LogP contribution is 2.32. The smallest absolute Gasteiger partial charge is 0.337 e. The fraction of sp³-hybridized carbons (Fsp3) is 0.0345. The van der Waals surface area contributed by atoms with Gasteiger partial charge >= 0.3 is 11.9 Å². The van der Waals surface area contributed by atoms with Crippen molar-refractivity contribution in [2.45, 2.75) is 6.04 Å². The highest BCUT2D eigenvalue weighted by molar-refractivity contribution is 8.18. The molecule has 1 atom stereocenters. The lowest BCUT2D eigenvalue weighted by molar-refractivity contribution is -0.139. The van der Waals surface area contributed by atoms with Gasteiger partial charge in [0.15, 0.2) is 11.2 Å². The third-order valence-corrected chi connectivity index (χ3v) is 7.06. The number of benzene rings is 3. The Bertz CT molecular complexity index is 1700. The number of carbonyl (C=O) groups is 3. The number of carboxylic acid groups (broad SMARTS) is 2. The van der Waals surface area contributed by atoms with Gasteiger partial charge in [0.1, 0.15) is 5.82 Å². The molecule has 0 saturated heterocycles. The Morgan fingerprint density at radius 3 is 2.33 bits per heavy atom. The summed E-state index contributed by atoms with van der Waals surface area (Å²) in [7, 11) is 0. The van der Waals surface area contributed by atoms with Crippen LogP contribution in [0.1, 0.15) is 27.5 Å². The Labute approximate surface area is 231 Å². The number of aromatic nitrogens is 1. The minimum Gasteiger partial charge on any atom is -0.479 e. The topological polar surface area (TPSA) is 147 Å². The van der Waals surface area contributed by atoms with Gasteiger partial charge in [-0.05, 0) is 77.0 Å². The Balaban J connectivity index is 1.29. The Kier molecular flexibility index (Phi) is 7.21. The molecule has 1 aliphatic rings. The number of carboxylic acids is 2. The molecule has 3 aromatic carbocycles. The SMILES string of the molecule is Nc1ccc(-c2ccc(C=C3SC(Nc4ccc(C(C(=O)O)n5cccc5)cc4)=NC3=O)c(F)c2)cc1C(=O)O. The molecule has 1 amide bonds. The first-order valence-corrected chi connectivity index (χ1v) is 12.7. The zero-order valence-electron chi connectivity index (χ0n) is 20.6. The first-order chi connectivity index (χ1) is 19.2. The number of aliphatic imine (C=N–C) groups is 1. The van der Waals surface area contributed by atoms with Crippen molar-refractivity contribution in [2.75, 3.05) is 11.1 Å². The number of amidine groups is 1. The van der Waals surface area contributed by atoms with Gasteiger partial charge in [0.25, 0.3) is 5.91 Å². The molecule has 5 rings (SSSR count). The molecule has 0 fully saturated rings. The van der Waals surface area contributed by atoms with Gasteiger partial charge < -0.3 is 25.8 Å². The lowest BCUT2D eigenvalue weighted by Crippen LogP contribution is -2.19. The summed E-state index contributed by atoms with van der Waals surface area (Å²) in [6.07, 6.45) is 4.75. The van der Waals surface area contributed by atoms with Crippen molar-refractivity contribution in [1.82, 2.24) is 4.57 Å². The summed E-state index contributed by atoms with van der Waals surface area (Å²) < 4.78 is 16.5. The molecule has 9 nitrogen and oxygen atoms in total. The number of carbonyl (C=O) groups excluding carboxylic acids is 1. The van der Waals surface area contributed by atoms with Crippen molar-refractivity contribution in [3.05, 3.63) is 113 Å². The van der Waals surface area contributed by atoms with E-state index in [1.807, 2.05) is 0 Å². The lowest BCUT2D eigenvalue weighted by atomic mass is 10.00. The molecule has 4 aromatic rings. The van der Waals surface area contributed by atoms with Gasteiger partial charge in [-0.3, -0.25) is 4.79 Å². The maximum absolute atomic E-state index is 15.0. The molecule has 0 bridgehead atoms. The number of rotatable bonds is 7. The summed E-state index contributed by atoms with van der Waals surface area (Å²) in [5, 5.41) is 22.3. The highest BCUT2D eigenvalue weighted by atomic mass is 32.2. The molecule has 200 valence electrons. The second kappa shape index (κ2) is 10.9. The van der Waals surface area contributed by atoms with E-state index in [9.17, 15) is 29.0 Å². The van der Waals surface area contributed by atoms with E-state index in [1.54, 1.807) is 65.5 Å². The maximum atomic E-state index is 15.0. The number of nitrogens with one attached hydrogen (secondary N) is 1. The van der Waals surface area contributed by atoms with Crippen LogP contribution < -0.4 is 11.1 Å². The number of hydrogen-bond acceptors (Lipinski definition) is 6. The standard InChI is InChI=1S/C29H21FN4O5S/c30-22-14-18(17-7-10-23(31)21(13-17)27(36)37)3-4-19(22)15-24-26(35)33-29(40-24)32-20-8-5-16(6-9-20)25(28(38)39)34-11-1-2-12-34/h1-15,25H,31H2,(H,36,37)(H,38,39)(H,32,33,35). The maximum Gasteiger partial charge on any atom is 0.337 e. The summed E-state index contributed by atoms with van der Waals surface area (Å²) in [6.45, 7) is 0. The van der Waals surface area contributed by atoms with Crippen LogP contribution in [0.4, 0.5) is 15.8 Å². The van der Waals surface area contributed by atoms with Crippen LogP contribution in [0, 0.1) is 5.82 Å². The lowest BCUT2D eigenvalue weighted by Gasteiger charge is -2.15. The fourth-order valence-electron chi connectivity index (χ4n) is 4.18. The fourth-order valence-corrected chi connectivity index (χ4v) is 5.01. The van der Waals surface area contributed by atoms with Crippen molar-refractivity contribution >= 4 is 52.2 Å². The third-order valence-electron chi connectivity index (χ3n) is 6.16. The van der Waals surface area contributed by atoms with Gasteiger partial charge in [-0.2, -0.15) is 4.99 Å². The molecule has 0 saturated carbocycles. The minimum atomic E-state index is -1.18. The summed E-state index contributed by atoms with van der Waals surface area (Å²) in [4.78, 5) is 39.9. The van der Waals surface area contributed by atoms with E-state index in [4.69, 9.17) is 5.73 Å². The number of anilines is 2. The van der Waals surface area contributed by atoms with Crippen molar-refractivity contribution in [3.8, 4) is 11.1 Å². The molecule has 0 spiro atoms. The Morgan fingerprint density at radius 1 is 1.00 bits per heavy atom. The first kappa shape index (κ1) is 26.4. The number of halogens is 1. The molecule has 2 heterocycles. The van der Waals surface area contributed by atoms with Gasteiger partial charge in [-0.25, -0.2) is 14.0 Å². The molecule has 0 aliphatic carbocycles. The molecule has 5 N–H and O–H groups in total. The van der Waals surface area contributed by atoms with E-state index < -0.39 is 29.7 Å². The van der Waals surface area contributed by atoms with E-state index in [1.165, 1.54) is 30.3 Å². The average Bonchev–Trinajstić information content (AvgIpc) is 3.56. The monoisotopic (exact) mass is 556 g/mol. The molecular formula is C29H21FN4O5S. The number of amides is 1. The number of nitrogens with two attached hydrogens (primary N) is 1. The number of nitrogen functional groups attached to an aromatic ring is 1. The quantitative estimate of drug-likeness (QED) is 0.176. The van der Waals surface area contributed by atoms with Crippen LogP contribution in [0.2, 0.25) is 0 Å². The summed E-state index contributed by atoms with van der Waals surface area (Å²) in [5.41, 5.74) is 8.01. The number of aliphatic carboxylic acids is 1. The van der Waals surface area contributed by atoms with Gasteiger partial charge in [0.05, 0.1) is 10.5 Å². The number of hydrogen-bond donors (Lipinski definition) is 4. The third kappa shape index (κ3) is 5.49. The van der Waals surface area contributed by atoms with Crippen LogP contribution in [0.15, 0.2) is 95.1 Å². The summed E-state index contributed by atoms with van der Waals surface area (Å²) in [5.74, 6) is -3.30. The summed E-state index contributed by atoms with van der Waals surface area (Å²) in [6, 6.07) is 18.2. The van der Waals surface area contributed by atoms with Crippen molar-refractivity contribution < 1.29 is 29.0 Å². The zero-order valence-corrected chi connectivity index (χ0v) is 21.4. The molecule has 11 heteroatoms. The van der Waals surface area contributed by atoms with Gasteiger partial charge in [0.2, 0.25) is 0 Å². The van der Waals surface area contributed by atoms with Crippen LogP contribution in [0.5, 0.6) is 0 Å². The predicted molar refractivity (Wildman–Crippen MR) is 151 cm³/mol. The second-order valence-electron chi connectivity index (χ2n) is 8.79. The summed E-state index contributed by atoms with van der Waals surface area (Å²) >= 11 is 1.04. The zero-order chi connectivity index (χ0) is 28.4. The molecule has 1 aromatic heterocycles. The minimum absolute atomic E-state index is 0.0773. The predicted octanol–water partition coefficient (Wildman–Crippen LogP) is 5.33. The van der Waals surface area contributed by atoms with Gasteiger partial charge in [0, 0.05) is 29.3 Å². The first-order valence-electron chi connectivity index (χ1n) is 11.9. The van der Waals surface area contributed by atoms with E-state index in [2.05, 4.69) is 10.3 Å². The van der Waals surface area contributed by atoms with Gasteiger partial charge in [-0.1, -0.05) is 30.3 Å². The van der Waals surface area contributed by atoms with Crippen LogP contribution in [0.25, 0.3) is 17.2 Å². The molecule has 0 radical (unpaired) electrons. The highest BCUT2D eigenvalue weighted by Gasteiger charge is 2.24. The van der Waals surface area contributed by atoms with Crippen LogP contribution >= 0.6 is 11.8 Å². The Hall–Kier alpha value is -5.16. The molecule has 1 aliphatic heterocycles. The molecular weight excluding hydrogens is 535 g/mol. The van der Waals surface area contributed by atoms with Crippen molar-refractivity contribution in [3.63, 3.8) is 0 Å². The number of nitrogens with zero attached hydrogens (tertiary/aromatic N) is 2. The van der Waals surface area contributed by atoms with Crippen molar-refractivity contribution in [1.29, 1.82) is 0 Å². The van der Waals surface area contributed by atoms with Crippen LogP contribution in [0.3, 0.4) is 0 Å². The largest absolute Gasteiger partial charge is 0.479 e. The number of aromatic carboxylic acids is 1. The second-order valence-corrected chi connectivity index (χ2v) is 9.82. The molecule has 40 heavy (non-hydrogen) atoms.